The number of nitrogens with zero attached hydrogens (tertiary/aromatic N) is 1. The quantitative estimate of drug-likeness (QED) is 0.921. The lowest BCUT2D eigenvalue weighted by molar-refractivity contribution is -0.138. The highest BCUT2D eigenvalue weighted by Gasteiger charge is 2.24. The van der Waals surface area contributed by atoms with Gasteiger partial charge in [0.2, 0.25) is 0 Å². The van der Waals surface area contributed by atoms with Crippen molar-refractivity contribution < 1.29 is 19.1 Å². The predicted molar refractivity (Wildman–Crippen MR) is 80.2 cm³/mol. The lowest BCUT2D eigenvalue weighted by atomic mass is 10.2. The number of hydrogen-bond donors (Lipinski definition) is 1. The molecule has 1 heterocycles. The third-order valence-electron chi connectivity index (χ3n) is 3.41. The zero-order chi connectivity index (χ0) is 15.6. The predicted octanol–water partition coefficient (Wildman–Crippen LogP) is 3.37. The molecule has 0 aliphatic rings. The highest BCUT2D eigenvalue weighted by atomic mass is 32.1. The Morgan fingerprint density at radius 2 is 2.14 bits per heavy atom. The van der Waals surface area contributed by atoms with Crippen LogP contribution in [0.5, 0.6) is 0 Å². The first-order valence-electron chi connectivity index (χ1n) is 6.64. The van der Waals surface area contributed by atoms with E-state index in [-0.39, 0.29) is 24.3 Å². The molecule has 1 atom stereocenters. The van der Waals surface area contributed by atoms with Crippen molar-refractivity contribution in [3.63, 3.8) is 0 Å². The smallest absolute Gasteiger partial charge is 0.323 e. The van der Waals surface area contributed by atoms with Gasteiger partial charge in [-0.3, -0.25) is 9.59 Å². The number of halogens is 1. The van der Waals surface area contributed by atoms with E-state index in [0.717, 1.165) is 0 Å². The maximum atomic E-state index is 13.7. The van der Waals surface area contributed by atoms with Crippen LogP contribution in [0.1, 0.15) is 29.9 Å². The number of benzene rings is 1. The Hall–Kier alpha value is -1.95. The summed E-state index contributed by atoms with van der Waals surface area (Å²) < 4.78 is 14.4. The van der Waals surface area contributed by atoms with E-state index in [0.29, 0.717) is 21.4 Å². The molecule has 1 unspecified atom stereocenters. The van der Waals surface area contributed by atoms with Crippen LogP contribution in [-0.4, -0.2) is 34.5 Å². The Morgan fingerprint density at radius 1 is 1.43 bits per heavy atom. The van der Waals surface area contributed by atoms with Crippen molar-refractivity contribution >= 4 is 33.3 Å². The molecule has 1 aromatic carbocycles. The van der Waals surface area contributed by atoms with Crippen molar-refractivity contribution in [1.29, 1.82) is 0 Å². The normalized spacial score (nSPS) is 12.3. The summed E-state index contributed by atoms with van der Waals surface area (Å²) >= 11 is 1.18. The van der Waals surface area contributed by atoms with Crippen molar-refractivity contribution in [2.24, 2.45) is 0 Å². The first kappa shape index (κ1) is 15.4. The lowest BCUT2D eigenvalue weighted by Gasteiger charge is -2.26. The Bertz CT molecular complexity index is 683. The van der Waals surface area contributed by atoms with Gasteiger partial charge in [0.05, 0.1) is 4.88 Å². The number of rotatable bonds is 5. The van der Waals surface area contributed by atoms with Crippen LogP contribution in [0.3, 0.4) is 0 Å². The van der Waals surface area contributed by atoms with Crippen LogP contribution in [-0.2, 0) is 4.79 Å². The van der Waals surface area contributed by atoms with E-state index < -0.39 is 5.97 Å². The molecule has 0 radical (unpaired) electrons. The number of carbonyl (C=O) groups is 2. The van der Waals surface area contributed by atoms with Gasteiger partial charge in [-0.1, -0.05) is 13.0 Å². The van der Waals surface area contributed by atoms with Crippen molar-refractivity contribution in [1.82, 2.24) is 4.90 Å². The molecule has 0 aliphatic carbocycles. The largest absolute Gasteiger partial charge is 0.480 e. The second-order valence-electron chi connectivity index (χ2n) is 4.85. The maximum Gasteiger partial charge on any atom is 0.323 e. The summed E-state index contributed by atoms with van der Waals surface area (Å²) in [6, 6.07) is 5.97. The first-order chi connectivity index (χ1) is 9.93. The standard InChI is InChI=1S/C15H16FNO3S/c1-3-9(2)17(8-14(18)19)15(20)13-7-10-11(16)5-4-6-12(10)21-13/h4-7,9H,3,8H2,1-2H3,(H,18,19). The fraction of sp³-hybridized carbons (Fsp3) is 0.333. The van der Waals surface area contributed by atoms with E-state index in [1.54, 1.807) is 19.1 Å². The molecule has 0 saturated heterocycles. The van der Waals surface area contributed by atoms with E-state index in [2.05, 4.69) is 0 Å². The SMILES string of the molecule is CCC(C)N(CC(=O)O)C(=O)c1cc2c(F)cccc2s1. The van der Waals surface area contributed by atoms with Crippen LogP contribution in [0.15, 0.2) is 24.3 Å². The molecule has 21 heavy (non-hydrogen) atoms. The number of carboxylic acids is 1. The van der Waals surface area contributed by atoms with Crippen LogP contribution < -0.4 is 0 Å². The van der Waals surface area contributed by atoms with Gasteiger partial charge in [-0.15, -0.1) is 11.3 Å². The molecule has 2 aromatic rings. The van der Waals surface area contributed by atoms with Gasteiger partial charge in [-0.25, -0.2) is 4.39 Å². The number of hydrogen-bond acceptors (Lipinski definition) is 3. The number of thiophene rings is 1. The van der Waals surface area contributed by atoms with Gasteiger partial charge in [0.15, 0.2) is 0 Å². The Morgan fingerprint density at radius 3 is 2.71 bits per heavy atom. The Kier molecular flexibility index (Phi) is 4.57. The molecule has 0 fully saturated rings. The molecule has 6 heteroatoms. The van der Waals surface area contributed by atoms with Gasteiger partial charge in [-0.05, 0) is 31.5 Å². The molecule has 2 rings (SSSR count). The van der Waals surface area contributed by atoms with Gasteiger partial charge in [0, 0.05) is 16.1 Å². The summed E-state index contributed by atoms with van der Waals surface area (Å²) in [7, 11) is 0. The minimum absolute atomic E-state index is 0.191. The van der Waals surface area contributed by atoms with Crippen molar-refractivity contribution in [2.75, 3.05) is 6.54 Å². The highest BCUT2D eigenvalue weighted by molar-refractivity contribution is 7.20. The third kappa shape index (κ3) is 3.21. The van der Waals surface area contributed by atoms with Gasteiger partial charge in [-0.2, -0.15) is 0 Å². The summed E-state index contributed by atoms with van der Waals surface area (Å²) in [6.07, 6.45) is 0.651. The van der Waals surface area contributed by atoms with Crippen LogP contribution in [0.25, 0.3) is 10.1 Å². The van der Waals surface area contributed by atoms with Crippen molar-refractivity contribution in [3.05, 3.63) is 35.0 Å². The monoisotopic (exact) mass is 309 g/mol. The summed E-state index contributed by atoms with van der Waals surface area (Å²) in [6.45, 7) is 3.33. The molecule has 0 bridgehead atoms. The van der Waals surface area contributed by atoms with Crippen LogP contribution in [0.2, 0.25) is 0 Å². The number of amides is 1. The second-order valence-corrected chi connectivity index (χ2v) is 5.93. The molecule has 1 aromatic heterocycles. The van der Waals surface area contributed by atoms with E-state index in [1.807, 2.05) is 6.92 Å². The molecular formula is C15H16FNO3S. The van der Waals surface area contributed by atoms with Crippen molar-refractivity contribution in [2.45, 2.75) is 26.3 Å². The molecule has 112 valence electrons. The summed E-state index contributed by atoms with van der Waals surface area (Å²) in [5.74, 6) is -1.81. The minimum atomic E-state index is -1.06. The molecule has 0 aliphatic heterocycles. The number of carboxylic acid groups (broad SMARTS) is 1. The third-order valence-corrected chi connectivity index (χ3v) is 4.50. The van der Waals surface area contributed by atoms with Crippen LogP contribution >= 0.6 is 11.3 Å². The van der Waals surface area contributed by atoms with Gasteiger partial charge >= 0.3 is 5.97 Å². The molecule has 1 amide bonds. The first-order valence-corrected chi connectivity index (χ1v) is 7.46. The summed E-state index contributed by atoms with van der Waals surface area (Å²) in [4.78, 5) is 25.1. The highest BCUT2D eigenvalue weighted by Crippen LogP contribution is 2.29. The van der Waals surface area contributed by atoms with E-state index in [4.69, 9.17) is 5.11 Å². The Balaban J connectivity index is 2.38. The van der Waals surface area contributed by atoms with Gasteiger partial charge in [0.1, 0.15) is 12.4 Å². The lowest BCUT2D eigenvalue weighted by Crippen LogP contribution is -2.41. The van der Waals surface area contributed by atoms with E-state index in [1.165, 1.54) is 28.4 Å². The number of fused-ring (bicyclic) bond motifs is 1. The van der Waals surface area contributed by atoms with Gasteiger partial charge < -0.3 is 10.0 Å². The maximum absolute atomic E-state index is 13.7. The topological polar surface area (TPSA) is 57.6 Å². The molecule has 1 N–H and O–H groups in total. The average Bonchev–Trinajstić information content (AvgIpc) is 2.88. The zero-order valence-electron chi connectivity index (χ0n) is 11.8. The number of carbonyl (C=O) groups excluding carboxylic acids is 1. The molecular weight excluding hydrogens is 293 g/mol. The van der Waals surface area contributed by atoms with Gasteiger partial charge in [0.25, 0.3) is 5.91 Å². The van der Waals surface area contributed by atoms with E-state index >= 15 is 0 Å². The molecule has 4 nitrogen and oxygen atoms in total. The van der Waals surface area contributed by atoms with Crippen LogP contribution in [0.4, 0.5) is 4.39 Å². The molecule has 0 spiro atoms. The summed E-state index contributed by atoms with van der Waals surface area (Å²) in [5, 5.41) is 9.35. The fourth-order valence-electron chi connectivity index (χ4n) is 2.07. The summed E-state index contributed by atoms with van der Waals surface area (Å²) in [5.41, 5.74) is 0. The zero-order valence-corrected chi connectivity index (χ0v) is 12.6. The minimum Gasteiger partial charge on any atom is -0.480 e. The number of aliphatic carboxylic acids is 1. The van der Waals surface area contributed by atoms with Crippen molar-refractivity contribution in [3.8, 4) is 0 Å². The fourth-order valence-corrected chi connectivity index (χ4v) is 3.10. The van der Waals surface area contributed by atoms with E-state index in [9.17, 15) is 14.0 Å². The average molecular weight is 309 g/mol. The second kappa shape index (κ2) is 6.22. The Labute approximate surface area is 125 Å². The molecule has 0 saturated carbocycles. The van der Waals surface area contributed by atoms with Crippen LogP contribution in [0, 0.1) is 5.82 Å².